The summed E-state index contributed by atoms with van der Waals surface area (Å²) >= 11 is 0. The molecule has 2 aromatic heterocycles. The van der Waals surface area contributed by atoms with Crippen LogP contribution in [0.2, 0.25) is 0 Å². The lowest BCUT2D eigenvalue weighted by molar-refractivity contribution is -0.125. The molecule has 2 N–H and O–H groups in total. The van der Waals surface area contributed by atoms with E-state index in [1.165, 1.54) is 11.6 Å². The van der Waals surface area contributed by atoms with Crippen LogP contribution in [0.5, 0.6) is 0 Å². The van der Waals surface area contributed by atoms with E-state index in [2.05, 4.69) is 51.4 Å². The molecule has 4 aromatic rings. The number of aromatic nitrogens is 2. The number of hydrogen-bond acceptors (Lipinski definition) is 3. The summed E-state index contributed by atoms with van der Waals surface area (Å²) in [6.07, 6.45) is 4.39. The molecule has 1 saturated heterocycles. The number of H-pyrrole nitrogens is 1. The highest BCUT2D eigenvalue weighted by molar-refractivity contribution is 5.92. The largest absolute Gasteiger partial charge is 0.370 e. The maximum Gasteiger partial charge on any atom is 0.224 e. The number of aromatic amines is 1. The van der Waals surface area contributed by atoms with Crippen molar-refractivity contribution in [3.05, 3.63) is 71.3 Å². The van der Waals surface area contributed by atoms with Gasteiger partial charge in [-0.3, -0.25) is 9.78 Å². The molecule has 1 aliphatic heterocycles. The van der Waals surface area contributed by atoms with Gasteiger partial charge in [0.05, 0.1) is 11.4 Å². The van der Waals surface area contributed by atoms with E-state index in [1.807, 2.05) is 13.1 Å². The molecular weight excluding hydrogens is 415 g/mol. The number of benzene rings is 2. The van der Waals surface area contributed by atoms with E-state index >= 15 is 0 Å². The summed E-state index contributed by atoms with van der Waals surface area (Å²) in [7, 11) is 0. The summed E-state index contributed by atoms with van der Waals surface area (Å²) in [6.45, 7) is 6.27. The van der Waals surface area contributed by atoms with E-state index in [4.69, 9.17) is 0 Å². The number of carbonyl (C=O) groups is 1. The quantitative estimate of drug-likeness (QED) is 0.453. The normalized spacial score (nSPS) is 16.5. The average Bonchev–Trinajstić information content (AvgIpc) is 3.13. The Bertz CT molecular complexity index is 1330. The number of piperidine rings is 1. The smallest absolute Gasteiger partial charge is 0.224 e. The van der Waals surface area contributed by atoms with Crippen LogP contribution in [0.15, 0.2) is 48.7 Å². The maximum atomic E-state index is 13.7. The molecule has 1 unspecified atom stereocenters. The summed E-state index contributed by atoms with van der Waals surface area (Å²) in [4.78, 5) is 23.1. The van der Waals surface area contributed by atoms with Crippen molar-refractivity contribution in [3.8, 4) is 0 Å². The van der Waals surface area contributed by atoms with Crippen LogP contribution in [0.1, 0.15) is 29.7 Å². The average molecular weight is 445 g/mol. The van der Waals surface area contributed by atoms with Crippen LogP contribution in [0.4, 0.5) is 10.1 Å². The van der Waals surface area contributed by atoms with E-state index in [0.29, 0.717) is 19.5 Å². The first kappa shape index (κ1) is 21.4. The van der Waals surface area contributed by atoms with Crippen molar-refractivity contribution < 1.29 is 9.18 Å². The Balaban J connectivity index is 1.26. The second kappa shape index (κ2) is 8.85. The molecule has 33 heavy (non-hydrogen) atoms. The molecule has 1 aliphatic rings. The van der Waals surface area contributed by atoms with Crippen molar-refractivity contribution in [3.63, 3.8) is 0 Å². The Hall–Kier alpha value is -3.41. The number of nitrogens with one attached hydrogen (secondary N) is 2. The van der Waals surface area contributed by atoms with Gasteiger partial charge in [-0.2, -0.15) is 0 Å². The number of anilines is 1. The van der Waals surface area contributed by atoms with Crippen molar-refractivity contribution in [1.29, 1.82) is 0 Å². The monoisotopic (exact) mass is 444 g/mol. The number of nitrogens with zero attached hydrogens (tertiary/aromatic N) is 2. The minimum Gasteiger partial charge on any atom is -0.370 e. The highest BCUT2D eigenvalue weighted by Crippen LogP contribution is 2.30. The fraction of sp³-hybridized carbons (Fsp3) is 0.333. The second-order valence-corrected chi connectivity index (χ2v) is 9.10. The lowest BCUT2D eigenvalue weighted by atomic mass is 9.96. The van der Waals surface area contributed by atoms with Gasteiger partial charge in [-0.1, -0.05) is 11.6 Å². The molecule has 1 atom stereocenters. The van der Waals surface area contributed by atoms with Crippen LogP contribution in [0, 0.1) is 25.6 Å². The number of fused-ring (bicyclic) bond motifs is 2. The first-order valence-corrected chi connectivity index (χ1v) is 11.6. The summed E-state index contributed by atoms with van der Waals surface area (Å²) in [5.74, 6) is -0.195. The molecule has 0 saturated carbocycles. The topological polar surface area (TPSA) is 61.0 Å². The van der Waals surface area contributed by atoms with Crippen LogP contribution < -0.4 is 10.2 Å². The number of pyridine rings is 1. The van der Waals surface area contributed by atoms with E-state index in [0.717, 1.165) is 58.1 Å². The predicted octanol–water partition coefficient (Wildman–Crippen LogP) is 5.05. The zero-order valence-electron chi connectivity index (χ0n) is 19.1. The molecule has 170 valence electrons. The van der Waals surface area contributed by atoms with Crippen LogP contribution >= 0.6 is 0 Å². The fourth-order valence-electron chi connectivity index (χ4n) is 5.06. The predicted molar refractivity (Wildman–Crippen MR) is 131 cm³/mol. The number of halogens is 1. The molecule has 1 amide bonds. The Morgan fingerprint density at radius 3 is 2.94 bits per heavy atom. The van der Waals surface area contributed by atoms with Gasteiger partial charge in [-0.05, 0) is 75.1 Å². The Morgan fingerprint density at radius 1 is 1.18 bits per heavy atom. The fourth-order valence-corrected chi connectivity index (χ4v) is 5.06. The van der Waals surface area contributed by atoms with Gasteiger partial charge in [-0.25, -0.2) is 4.39 Å². The lowest BCUT2D eigenvalue weighted by Crippen LogP contribution is -2.43. The summed E-state index contributed by atoms with van der Waals surface area (Å²) < 4.78 is 13.7. The summed E-state index contributed by atoms with van der Waals surface area (Å²) in [5, 5.41) is 5.16. The molecule has 6 heteroatoms. The Morgan fingerprint density at radius 2 is 2.06 bits per heavy atom. The third-order valence-corrected chi connectivity index (χ3v) is 6.76. The molecule has 0 spiro atoms. The zero-order valence-corrected chi connectivity index (χ0v) is 19.1. The minimum absolute atomic E-state index is 0.0479. The molecule has 3 heterocycles. The third-order valence-electron chi connectivity index (χ3n) is 6.76. The maximum absolute atomic E-state index is 13.7. The van der Waals surface area contributed by atoms with E-state index < -0.39 is 0 Å². The van der Waals surface area contributed by atoms with Crippen LogP contribution in [0.25, 0.3) is 21.8 Å². The Kier molecular flexibility index (Phi) is 5.75. The van der Waals surface area contributed by atoms with Gasteiger partial charge in [0.2, 0.25) is 5.91 Å². The van der Waals surface area contributed by atoms with Gasteiger partial charge >= 0.3 is 0 Å². The Labute approximate surface area is 193 Å². The molecule has 1 fully saturated rings. The number of hydrogen-bond donors (Lipinski definition) is 2. The van der Waals surface area contributed by atoms with Crippen molar-refractivity contribution in [2.75, 3.05) is 24.5 Å². The number of carbonyl (C=O) groups excluding carboxylic acids is 1. The standard InChI is InChI=1S/C27H29FN4O/c1-17-5-7-24-23(14-17)26(10-12-29-24)32-13-3-4-19(16-32)27(33)30-11-9-21-18(2)31-25-8-6-20(28)15-22(21)25/h5-8,10,12,14-15,19,31H,3-4,9,11,13,16H2,1-2H3,(H,30,33). The molecule has 0 radical (unpaired) electrons. The highest BCUT2D eigenvalue weighted by Gasteiger charge is 2.26. The van der Waals surface area contributed by atoms with Gasteiger partial charge in [0.1, 0.15) is 5.82 Å². The van der Waals surface area contributed by atoms with Crippen LogP contribution in [-0.2, 0) is 11.2 Å². The van der Waals surface area contributed by atoms with Crippen molar-refractivity contribution >= 4 is 33.4 Å². The van der Waals surface area contributed by atoms with Crippen molar-refractivity contribution in [2.24, 2.45) is 5.92 Å². The number of rotatable bonds is 5. The van der Waals surface area contributed by atoms with Crippen LogP contribution in [-0.4, -0.2) is 35.5 Å². The zero-order chi connectivity index (χ0) is 22.9. The van der Waals surface area contributed by atoms with Gasteiger partial charge in [0.25, 0.3) is 0 Å². The molecule has 0 bridgehead atoms. The minimum atomic E-state index is -0.243. The third kappa shape index (κ3) is 4.30. The van der Waals surface area contributed by atoms with Gasteiger partial charge < -0.3 is 15.2 Å². The van der Waals surface area contributed by atoms with E-state index in [9.17, 15) is 9.18 Å². The lowest BCUT2D eigenvalue weighted by Gasteiger charge is -2.34. The first-order chi connectivity index (χ1) is 16.0. The van der Waals surface area contributed by atoms with Crippen LogP contribution in [0.3, 0.4) is 0 Å². The molecular formula is C27H29FN4O. The highest BCUT2D eigenvalue weighted by atomic mass is 19.1. The second-order valence-electron chi connectivity index (χ2n) is 9.10. The summed E-state index contributed by atoms with van der Waals surface area (Å²) in [5.41, 5.74) is 6.35. The van der Waals surface area contributed by atoms with Gasteiger partial charge in [0, 0.05) is 53.5 Å². The molecule has 0 aliphatic carbocycles. The van der Waals surface area contributed by atoms with Crippen molar-refractivity contribution in [2.45, 2.75) is 33.1 Å². The van der Waals surface area contributed by atoms with E-state index in [1.54, 1.807) is 12.1 Å². The van der Waals surface area contributed by atoms with Gasteiger partial charge in [0.15, 0.2) is 0 Å². The van der Waals surface area contributed by atoms with E-state index in [-0.39, 0.29) is 17.6 Å². The molecule has 5 rings (SSSR count). The van der Waals surface area contributed by atoms with Crippen molar-refractivity contribution in [1.82, 2.24) is 15.3 Å². The van der Waals surface area contributed by atoms with Gasteiger partial charge in [-0.15, -0.1) is 0 Å². The number of aryl methyl sites for hydroxylation is 2. The SMILES string of the molecule is Cc1ccc2nccc(N3CCCC(C(=O)NCCc4c(C)[nH]c5ccc(F)cc45)C3)c2c1. The number of amides is 1. The first-order valence-electron chi connectivity index (χ1n) is 11.6. The molecule has 2 aromatic carbocycles. The molecule has 5 nitrogen and oxygen atoms in total. The summed E-state index contributed by atoms with van der Waals surface area (Å²) in [6, 6.07) is 13.2.